The predicted molar refractivity (Wildman–Crippen MR) is 68.8 cm³/mol. The monoisotopic (exact) mass is 253 g/mol. The summed E-state index contributed by atoms with van der Waals surface area (Å²) in [6, 6.07) is 8.40. The van der Waals surface area contributed by atoms with Gasteiger partial charge in [-0.2, -0.15) is 0 Å². The Bertz CT molecular complexity index is 388. The summed E-state index contributed by atoms with van der Waals surface area (Å²) in [6.45, 7) is 5.55. The lowest BCUT2D eigenvalue weighted by Crippen LogP contribution is -2.47. The fourth-order valence-corrected chi connectivity index (χ4v) is 1.89. The van der Waals surface area contributed by atoms with Crippen LogP contribution in [0.3, 0.4) is 0 Å². The minimum Gasteiger partial charge on any atom is -0.384 e. The number of rotatable bonds is 5. The normalized spacial score (nSPS) is 15.8. The Kier molecular flexibility index (Phi) is 4.84. The van der Waals surface area contributed by atoms with Crippen molar-refractivity contribution in [1.29, 1.82) is 0 Å². The summed E-state index contributed by atoms with van der Waals surface area (Å²) in [7, 11) is 0. The molecule has 0 saturated carbocycles. The molecule has 0 saturated heterocycles. The van der Waals surface area contributed by atoms with Gasteiger partial charge in [0, 0.05) is 13.1 Å². The van der Waals surface area contributed by atoms with E-state index >= 15 is 0 Å². The summed E-state index contributed by atoms with van der Waals surface area (Å²) in [6.07, 6.45) is -1.45. The van der Waals surface area contributed by atoms with Gasteiger partial charge in [-0.05, 0) is 26.3 Å². The van der Waals surface area contributed by atoms with Crippen LogP contribution in [-0.2, 0) is 4.79 Å². The zero-order chi connectivity index (χ0) is 13.8. The topological polar surface area (TPSA) is 40.5 Å². The molecular weight excluding hydrogens is 233 g/mol. The van der Waals surface area contributed by atoms with Crippen molar-refractivity contribution in [3.63, 3.8) is 0 Å². The van der Waals surface area contributed by atoms with Crippen molar-refractivity contribution < 1.29 is 14.3 Å². The summed E-state index contributed by atoms with van der Waals surface area (Å²) >= 11 is 0. The smallest absolute Gasteiger partial charge is 0.263 e. The maximum absolute atomic E-state index is 14.5. The zero-order valence-corrected chi connectivity index (χ0v) is 11.1. The molecule has 18 heavy (non-hydrogen) atoms. The molecule has 1 amide bonds. The molecule has 0 heterocycles. The fourth-order valence-electron chi connectivity index (χ4n) is 1.89. The summed E-state index contributed by atoms with van der Waals surface area (Å²) < 4.78 is 14.5. The number of aliphatic hydroxyl groups excluding tert-OH is 1. The second-order valence-electron chi connectivity index (χ2n) is 4.37. The zero-order valence-electron chi connectivity index (χ0n) is 11.1. The van der Waals surface area contributed by atoms with Crippen LogP contribution in [0.1, 0.15) is 32.4 Å². The van der Waals surface area contributed by atoms with Gasteiger partial charge < -0.3 is 10.0 Å². The molecule has 0 unspecified atom stereocenters. The third kappa shape index (κ3) is 2.88. The van der Waals surface area contributed by atoms with Crippen molar-refractivity contribution in [3.8, 4) is 0 Å². The van der Waals surface area contributed by atoms with E-state index in [-0.39, 0.29) is 0 Å². The van der Waals surface area contributed by atoms with Crippen molar-refractivity contribution in [2.45, 2.75) is 32.5 Å². The van der Waals surface area contributed by atoms with Gasteiger partial charge in [-0.3, -0.25) is 4.79 Å². The van der Waals surface area contributed by atoms with Crippen LogP contribution < -0.4 is 0 Å². The standard InChI is InChI=1S/C14H20FNO2/c1-4-16(5-2)13(18)14(3,15)12(17)11-9-7-6-8-10-11/h6-10,12,17H,4-5H2,1-3H3/t12-,14-/m0/s1. The molecule has 3 nitrogen and oxygen atoms in total. The largest absolute Gasteiger partial charge is 0.384 e. The third-order valence-electron chi connectivity index (χ3n) is 3.10. The number of nitrogens with zero attached hydrogens (tertiary/aromatic N) is 1. The summed E-state index contributed by atoms with van der Waals surface area (Å²) in [5.74, 6) is -0.677. The molecule has 0 aliphatic heterocycles. The van der Waals surface area contributed by atoms with Crippen molar-refractivity contribution >= 4 is 5.91 Å². The minimum absolute atomic E-state index is 0.406. The summed E-state index contributed by atoms with van der Waals surface area (Å²) in [4.78, 5) is 13.4. The first-order valence-electron chi connectivity index (χ1n) is 6.16. The number of hydrogen-bond acceptors (Lipinski definition) is 2. The number of aliphatic hydroxyl groups is 1. The molecule has 0 bridgehead atoms. The molecule has 0 aromatic heterocycles. The molecule has 0 radical (unpaired) electrons. The fraction of sp³-hybridized carbons (Fsp3) is 0.500. The van der Waals surface area contributed by atoms with Gasteiger partial charge in [0.15, 0.2) is 0 Å². The lowest BCUT2D eigenvalue weighted by atomic mass is 9.93. The Hall–Kier alpha value is -1.42. The van der Waals surface area contributed by atoms with E-state index in [9.17, 15) is 14.3 Å². The van der Waals surface area contributed by atoms with Crippen molar-refractivity contribution in [2.75, 3.05) is 13.1 Å². The molecule has 0 spiro atoms. The van der Waals surface area contributed by atoms with Crippen LogP contribution in [0.2, 0.25) is 0 Å². The molecule has 2 atom stereocenters. The highest BCUT2D eigenvalue weighted by Crippen LogP contribution is 2.31. The number of amides is 1. The van der Waals surface area contributed by atoms with Crippen molar-refractivity contribution in [2.24, 2.45) is 0 Å². The van der Waals surface area contributed by atoms with Gasteiger partial charge in [-0.15, -0.1) is 0 Å². The Morgan fingerprint density at radius 1 is 1.33 bits per heavy atom. The second-order valence-corrected chi connectivity index (χ2v) is 4.37. The quantitative estimate of drug-likeness (QED) is 0.874. The van der Waals surface area contributed by atoms with E-state index in [1.165, 1.54) is 4.90 Å². The number of carbonyl (C=O) groups excluding carboxylic acids is 1. The SMILES string of the molecule is CCN(CC)C(=O)[C@@](C)(F)[C@@H](O)c1ccccc1. The molecule has 0 fully saturated rings. The average Bonchev–Trinajstić information content (AvgIpc) is 2.40. The number of alkyl halides is 1. The van der Waals surface area contributed by atoms with Crippen molar-refractivity contribution in [1.82, 2.24) is 4.90 Å². The van der Waals surface area contributed by atoms with Crippen LogP contribution in [0.5, 0.6) is 0 Å². The van der Waals surface area contributed by atoms with Crippen LogP contribution in [0, 0.1) is 0 Å². The molecule has 1 rings (SSSR count). The minimum atomic E-state index is -2.31. The Balaban J connectivity index is 2.95. The Labute approximate surface area is 107 Å². The molecule has 1 aromatic rings. The van der Waals surface area contributed by atoms with Gasteiger partial charge in [0.2, 0.25) is 5.67 Å². The van der Waals surface area contributed by atoms with E-state index < -0.39 is 17.7 Å². The Morgan fingerprint density at radius 2 is 1.83 bits per heavy atom. The first kappa shape index (κ1) is 14.6. The molecular formula is C14H20FNO2. The van der Waals surface area contributed by atoms with Crippen LogP contribution in [0.25, 0.3) is 0 Å². The van der Waals surface area contributed by atoms with Gasteiger partial charge in [-0.1, -0.05) is 30.3 Å². The summed E-state index contributed by atoms with van der Waals surface area (Å²) in [5, 5.41) is 10.0. The van der Waals surface area contributed by atoms with E-state index in [0.29, 0.717) is 18.7 Å². The van der Waals surface area contributed by atoms with Crippen LogP contribution in [0.4, 0.5) is 4.39 Å². The van der Waals surface area contributed by atoms with E-state index in [1.54, 1.807) is 44.2 Å². The highest BCUT2D eigenvalue weighted by Gasteiger charge is 2.43. The lowest BCUT2D eigenvalue weighted by Gasteiger charge is -2.31. The number of halogens is 1. The van der Waals surface area contributed by atoms with Gasteiger partial charge >= 0.3 is 0 Å². The summed E-state index contributed by atoms with van der Waals surface area (Å²) in [5.41, 5.74) is -1.91. The second kappa shape index (κ2) is 5.96. The van der Waals surface area contributed by atoms with Crippen LogP contribution in [0.15, 0.2) is 30.3 Å². The van der Waals surface area contributed by atoms with Crippen LogP contribution >= 0.6 is 0 Å². The molecule has 4 heteroatoms. The van der Waals surface area contributed by atoms with Gasteiger partial charge in [-0.25, -0.2) is 4.39 Å². The van der Waals surface area contributed by atoms with E-state index in [1.807, 2.05) is 0 Å². The molecule has 100 valence electrons. The van der Waals surface area contributed by atoms with Gasteiger partial charge in [0.25, 0.3) is 5.91 Å². The maximum Gasteiger partial charge on any atom is 0.263 e. The van der Waals surface area contributed by atoms with Gasteiger partial charge in [0.05, 0.1) is 0 Å². The Morgan fingerprint density at radius 3 is 2.28 bits per heavy atom. The maximum atomic E-state index is 14.5. The first-order valence-corrected chi connectivity index (χ1v) is 6.16. The average molecular weight is 253 g/mol. The van der Waals surface area contributed by atoms with E-state index in [4.69, 9.17) is 0 Å². The molecule has 1 N–H and O–H groups in total. The number of hydrogen-bond donors (Lipinski definition) is 1. The van der Waals surface area contributed by atoms with E-state index in [2.05, 4.69) is 0 Å². The highest BCUT2D eigenvalue weighted by molar-refractivity contribution is 5.85. The molecule has 0 aliphatic rings. The van der Waals surface area contributed by atoms with Gasteiger partial charge in [0.1, 0.15) is 6.10 Å². The number of benzene rings is 1. The van der Waals surface area contributed by atoms with E-state index in [0.717, 1.165) is 6.92 Å². The van der Waals surface area contributed by atoms with Crippen molar-refractivity contribution in [3.05, 3.63) is 35.9 Å². The first-order chi connectivity index (χ1) is 8.45. The third-order valence-corrected chi connectivity index (χ3v) is 3.10. The molecule has 1 aromatic carbocycles. The van der Waals surface area contributed by atoms with Crippen LogP contribution in [-0.4, -0.2) is 34.7 Å². The predicted octanol–water partition coefficient (Wildman–Crippen LogP) is 2.32. The highest BCUT2D eigenvalue weighted by atomic mass is 19.1. The lowest BCUT2D eigenvalue weighted by molar-refractivity contribution is -0.150. The number of carbonyl (C=O) groups is 1. The molecule has 0 aliphatic carbocycles.